The van der Waals surface area contributed by atoms with E-state index in [1.165, 1.54) is 18.4 Å². The molecule has 1 aromatic carbocycles. The number of ether oxygens (including phenoxy) is 2. The van der Waals surface area contributed by atoms with Crippen molar-refractivity contribution in [1.29, 1.82) is 0 Å². The third kappa shape index (κ3) is 9.09. The molecule has 1 aromatic rings. The molecule has 0 atom stereocenters. The predicted molar refractivity (Wildman–Crippen MR) is 129 cm³/mol. The first-order valence-corrected chi connectivity index (χ1v) is 10.8. The van der Waals surface area contributed by atoms with E-state index in [-0.39, 0.29) is 24.0 Å². The molecule has 164 valence electrons. The number of nitrogens with zero attached hydrogens (tertiary/aromatic N) is 2. The zero-order valence-corrected chi connectivity index (χ0v) is 20.2. The Balaban J connectivity index is 0.00000300. The van der Waals surface area contributed by atoms with Crippen LogP contribution in [0.15, 0.2) is 29.3 Å². The highest BCUT2D eigenvalue weighted by Crippen LogP contribution is 2.27. The van der Waals surface area contributed by atoms with Gasteiger partial charge in [0.15, 0.2) is 5.96 Å². The van der Waals surface area contributed by atoms with Gasteiger partial charge < -0.3 is 20.1 Å². The highest BCUT2D eigenvalue weighted by Gasteiger charge is 2.21. The van der Waals surface area contributed by atoms with Crippen LogP contribution >= 0.6 is 24.0 Å². The van der Waals surface area contributed by atoms with Gasteiger partial charge in [0.1, 0.15) is 12.4 Å². The van der Waals surface area contributed by atoms with Crippen molar-refractivity contribution < 1.29 is 9.47 Å². The van der Waals surface area contributed by atoms with E-state index in [0.717, 1.165) is 63.3 Å². The second-order valence-corrected chi connectivity index (χ2v) is 7.84. The van der Waals surface area contributed by atoms with Gasteiger partial charge in [-0.05, 0) is 63.3 Å². The van der Waals surface area contributed by atoms with Crippen LogP contribution < -0.4 is 15.4 Å². The van der Waals surface area contributed by atoms with Crippen molar-refractivity contribution in [3.8, 4) is 5.75 Å². The number of benzene rings is 1. The number of rotatable bonds is 10. The number of hydrogen-bond acceptors (Lipinski definition) is 4. The molecule has 0 spiro atoms. The smallest absolute Gasteiger partial charge is 0.191 e. The van der Waals surface area contributed by atoms with Crippen molar-refractivity contribution in [2.24, 2.45) is 10.9 Å². The van der Waals surface area contributed by atoms with Gasteiger partial charge in [0, 0.05) is 38.9 Å². The molecule has 2 fully saturated rings. The second kappa shape index (κ2) is 13.3. The Kier molecular flexibility index (Phi) is 11.1. The minimum atomic E-state index is 0. The molecular formula is C22H37IN4O2. The van der Waals surface area contributed by atoms with Crippen molar-refractivity contribution in [3.05, 3.63) is 29.8 Å². The summed E-state index contributed by atoms with van der Waals surface area (Å²) in [6, 6.07) is 8.90. The first-order valence-electron chi connectivity index (χ1n) is 10.8. The molecule has 0 amide bonds. The van der Waals surface area contributed by atoms with Gasteiger partial charge in [-0.25, -0.2) is 4.99 Å². The van der Waals surface area contributed by atoms with Crippen LogP contribution in [-0.2, 0) is 11.3 Å². The summed E-state index contributed by atoms with van der Waals surface area (Å²) in [7, 11) is 2.18. The molecular weight excluding hydrogens is 479 g/mol. The van der Waals surface area contributed by atoms with Crippen molar-refractivity contribution in [3.63, 3.8) is 0 Å². The van der Waals surface area contributed by atoms with E-state index in [9.17, 15) is 0 Å². The van der Waals surface area contributed by atoms with Gasteiger partial charge in [-0.2, -0.15) is 0 Å². The summed E-state index contributed by atoms with van der Waals surface area (Å²) >= 11 is 0. The van der Waals surface area contributed by atoms with Gasteiger partial charge in [0.25, 0.3) is 0 Å². The fraction of sp³-hybridized carbons (Fsp3) is 0.682. The normalized spacial score (nSPS) is 17.7. The zero-order valence-electron chi connectivity index (χ0n) is 17.9. The molecule has 7 heteroatoms. The van der Waals surface area contributed by atoms with E-state index in [4.69, 9.17) is 14.5 Å². The Hall–Kier alpha value is -1.06. The predicted octanol–water partition coefficient (Wildman–Crippen LogP) is 3.26. The van der Waals surface area contributed by atoms with E-state index in [0.29, 0.717) is 19.2 Å². The van der Waals surface area contributed by atoms with Gasteiger partial charge in [0.05, 0.1) is 6.54 Å². The fourth-order valence-corrected chi connectivity index (χ4v) is 3.42. The largest absolute Gasteiger partial charge is 0.492 e. The third-order valence-corrected chi connectivity index (χ3v) is 5.44. The third-order valence-electron chi connectivity index (χ3n) is 5.44. The molecule has 1 aliphatic heterocycles. The Bertz CT molecular complexity index is 619. The fourth-order valence-electron chi connectivity index (χ4n) is 3.42. The van der Waals surface area contributed by atoms with E-state index in [2.05, 4.69) is 41.6 Å². The number of halogens is 1. The quantitative estimate of drug-likeness (QED) is 0.284. The first kappa shape index (κ1) is 24.2. The van der Waals surface area contributed by atoms with Crippen LogP contribution in [0.1, 0.15) is 38.2 Å². The van der Waals surface area contributed by atoms with Crippen LogP contribution in [0.3, 0.4) is 0 Å². The molecule has 1 saturated carbocycles. The molecule has 0 bridgehead atoms. The van der Waals surface area contributed by atoms with Gasteiger partial charge >= 0.3 is 0 Å². The van der Waals surface area contributed by atoms with Crippen LogP contribution in [0.5, 0.6) is 5.75 Å². The lowest BCUT2D eigenvalue weighted by Gasteiger charge is -2.31. The summed E-state index contributed by atoms with van der Waals surface area (Å²) in [5.41, 5.74) is 1.17. The highest BCUT2D eigenvalue weighted by molar-refractivity contribution is 14.0. The standard InChI is InChI=1S/C22H36N4O2.HI/c1-3-23-22(24-16-18-7-8-18)25-17-19-5-4-6-21(15-19)28-14-11-26(2)20-9-12-27-13-10-20;/h4-6,15,18,20H,3,7-14,16-17H2,1-2H3,(H2,23,24,25);1H. The maximum Gasteiger partial charge on any atom is 0.191 e. The molecule has 0 radical (unpaired) electrons. The SMILES string of the molecule is CCNC(=NCc1cccc(OCCN(C)C2CCOCC2)c1)NCC1CC1.I. The maximum atomic E-state index is 6.00. The van der Waals surface area contributed by atoms with Gasteiger partial charge in [-0.3, -0.25) is 4.90 Å². The van der Waals surface area contributed by atoms with Crippen LogP contribution in [-0.4, -0.2) is 63.4 Å². The summed E-state index contributed by atoms with van der Waals surface area (Å²) in [5, 5.41) is 6.76. The number of guanidine groups is 1. The summed E-state index contributed by atoms with van der Waals surface area (Å²) < 4.78 is 11.4. The Morgan fingerprint density at radius 3 is 2.72 bits per heavy atom. The van der Waals surface area contributed by atoms with Gasteiger partial charge in [-0.1, -0.05) is 12.1 Å². The summed E-state index contributed by atoms with van der Waals surface area (Å²) in [4.78, 5) is 7.11. The Morgan fingerprint density at radius 2 is 2.00 bits per heavy atom. The first-order chi connectivity index (χ1) is 13.7. The van der Waals surface area contributed by atoms with Crippen molar-refractivity contribution in [1.82, 2.24) is 15.5 Å². The number of hydrogen-bond donors (Lipinski definition) is 2. The van der Waals surface area contributed by atoms with E-state index >= 15 is 0 Å². The van der Waals surface area contributed by atoms with Crippen molar-refractivity contribution in [2.75, 3.05) is 46.5 Å². The average molecular weight is 516 g/mol. The topological polar surface area (TPSA) is 58.1 Å². The Morgan fingerprint density at radius 1 is 1.21 bits per heavy atom. The molecule has 3 rings (SSSR count). The minimum absolute atomic E-state index is 0. The van der Waals surface area contributed by atoms with Crippen LogP contribution in [0.25, 0.3) is 0 Å². The van der Waals surface area contributed by atoms with Crippen molar-refractivity contribution in [2.45, 2.75) is 45.2 Å². The van der Waals surface area contributed by atoms with Crippen LogP contribution in [0.4, 0.5) is 0 Å². The average Bonchev–Trinajstić information content (AvgIpc) is 3.55. The summed E-state index contributed by atoms with van der Waals surface area (Å²) in [5.74, 6) is 2.66. The number of aliphatic imine (C=N–C) groups is 1. The number of likely N-dealkylation sites (N-methyl/N-ethyl adjacent to an activating group) is 1. The van der Waals surface area contributed by atoms with Crippen LogP contribution in [0, 0.1) is 5.92 Å². The molecule has 1 aliphatic carbocycles. The van der Waals surface area contributed by atoms with Gasteiger partial charge in [0.2, 0.25) is 0 Å². The van der Waals surface area contributed by atoms with Crippen molar-refractivity contribution >= 4 is 29.9 Å². The summed E-state index contributed by atoms with van der Waals surface area (Å²) in [6.07, 6.45) is 4.92. The zero-order chi connectivity index (χ0) is 19.6. The van der Waals surface area contributed by atoms with E-state index in [1.54, 1.807) is 0 Å². The number of nitrogens with one attached hydrogen (secondary N) is 2. The monoisotopic (exact) mass is 516 g/mol. The minimum Gasteiger partial charge on any atom is -0.492 e. The molecule has 1 saturated heterocycles. The second-order valence-electron chi connectivity index (χ2n) is 7.84. The molecule has 6 nitrogen and oxygen atoms in total. The molecule has 29 heavy (non-hydrogen) atoms. The van der Waals surface area contributed by atoms with Crippen LogP contribution in [0.2, 0.25) is 0 Å². The Labute approximate surface area is 192 Å². The lowest BCUT2D eigenvalue weighted by Crippen LogP contribution is -2.38. The highest BCUT2D eigenvalue weighted by atomic mass is 127. The summed E-state index contributed by atoms with van der Waals surface area (Å²) in [6.45, 7) is 8.04. The molecule has 0 aromatic heterocycles. The lowest BCUT2D eigenvalue weighted by molar-refractivity contribution is 0.0392. The molecule has 2 aliphatic rings. The van der Waals surface area contributed by atoms with E-state index < -0.39 is 0 Å². The molecule has 0 unspecified atom stereocenters. The lowest BCUT2D eigenvalue weighted by atomic mass is 10.1. The molecule has 1 heterocycles. The molecule has 2 N–H and O–H groups in total. The van der Waals surface area contributed by atoms with E-state index in [1.807, 2.05) is 12.1 Å². The van der Waals surface area contributed by atoms with Gasteiger partial charge in [-0.15, -0.1) is 24.0 Å². The maximum absolute atomic E-state index is 6.00.